The number of nitrogens with two attached hydrogens (primary N) is 2. The first kappa shape index (κ1) is 17.9. The highest BCUT2D eigenvalue weighted by Crippen LogP contribution is 2.36. The Morgan fingerprint density at radius 1 is 1.57 bits per heavy atom. The lowest BCUT2D eigenvalue weighted by molar-refractivity contribution is -0.0653. The molecule has 0 unspecified atom stereocenters. The van der Waals surface area contributed by atoms with Gasteiger partial charge in [0.1, 0.15) is 0 Å². The van der Waals surface area contributed by atoms with E-state index in [1.807, 2.05) is 6.92 Å². The molecule has 0 aromatic heterocycles. The summed E-state index contributed by atoms with van der Waals surface area (Å²) in [7, 11) is 0. The van der Waals surface area contributed by atoms with Crippen molar-refractivity contribution in [3.63, 3.8) is 0 Å². The third kappa shape index (κ3) is 3.75. The molecule has 1 amide bonds. The number of cyclic esters (lactones) is 1. The van der Waals surface area contributed by atoms with Gasteiger partial charge in [-0.25, -0.2) is 4.79 Å². The Hall–Kier alpha value is -1.11. The van der Waals surface area contributed by atoms with Gasteiger partial charge in [-0.2, -0.15) is 0 Å². The number of ether oxygens (including phenoxy) is 1. The third-order valence-corrected chi connectivity index (χ3v) is 4.21. The Balaban J connectivity index is 2.99. The molecule has 6 heteroatoms. The van der Waals surface area contributed by atoms with E-state index in [4.69, 9.17) is 16.2 Å². The molecule has 122 valence electrons. The maximum Gasteiger partial charge on any atom is 0.410 e. The Bertz CT molecular complexity index is 364. The van der Waals surface area contributed by atoms with Gasteiger partial charge in [0, 0.05) is 12.6 Å². The average molecular weight is 299 g/mol. The van der Waals surface area contributed by atoms with Crippen molar-refractivity contribution in [2.75, 3.05) is 13.1 Å². The van der Waals surface area contributed by atoms with Gasteiger partial charge in [-0.3, -0.25) is 4.90 Å². The number of unbranched alkanes of at least 4 members (excludes halogenated alkanes) is 1. The van der Waals surface area contributed by atoms with Crippen LogP contribution in [0.25, 0.3) is 0 Å². The van der Waals surface area contributed by atoms with Gasteiger partial charge >= 0.3 is 6.09 Å². The molecule has 0 bridgehead atoms. The summed E-state index contributed by atoms with van der Waals surface area (Å²) < 4.78 is 5.52. The van der Waals surface area contributed by atoms with E-state index in [2.05, 4.69) is 6.58 Å². The lowest BCUT2D eigenvalue weighted by Crippen LogP contribution is -2.59. The molecular formula is C15H29N3O3. The van der Waals surface area contributed by atoms with Crippen molar-refractivity contribution in [1.29, 1.82) is 0 Å². The molecule has 1 aliphatic heterocycles. The van der Waals surface area contributed by atoms with Gasteiger partial charge in [-0.15, -0.1) is 6.58 Å². The second-order valence-electron chi connectivity index (χ2n) is 5.80. The quantitative estimate of drug-likeness (QED) is 0.435. The Morgan fingerprint density at radius 3 is 2.76 bits per heavy atom. The zero-order chi connectivity index (χ0) is 16.0. The maximum absolute atomic E-state index is 12.2. The predicted octanol–water partition coefficient (Wildman–Crippen LogP) is 0.979. The van der Waals surface area contributed by atoms with Crippen LogP contribution in [0.3, 0.4) is 0 Å². The van der Waals surface area contributed by atoms with E-state index in [1.165, 1.54) is 0 Å². The number of amides is 1. The van der Waals surface area contributed by atoms with Crippen molar-refractivity contribution in [3.05, 3.63) is 12.7 Å². The molecule has 0 spiro atoms. The van der Waals surface area contributed by atoms with Crippen LogP contribution in [0.2, 0.25) is 0 Å². The van der Waals surface area contributed by atoms with E-state index in [0.717, 1.165) is 12.8 Å². The molecule has 0 radical (unpaired) electrons. The summed E-state index contributed by atoms with van der Waals surface area (Å²) in [4.78, 5) is 13.8. The maximum atomic E-state index is 12.2. The summed E-state index contributed by atoms with van der Waals surface area (Å²) in [5, 5.41) is 10.3. The first-order chi connectivity index (χ1) is 9.92. The average Bonchev–Trinajstić information content (AvgIpc) is 2.70. The zero-order valence-corrected chi connectivity index (χ0v) is 13.1. The monoisotopic (exact) mass is 299 g/mol. The topological polar surface area (TPSA) is 102 Å². The number of rotatable bonds is 9. The minimum atomic E-state index is -0.989. The molecule has 1 fully saturated rings. The van der Waals surface area contributed by atoms with Crippen LogP contribution in [-0.2, 0) is 4.74 Å². The summed E-state index contributed by atoms with van der Waals surface area (Å²) in [5.41, 5.74) is 10.7. The molecule has 0 aliphatic carbocycles. The molecule has 0 aromatic carbocycles. The second kappa shape index (κ2) is 7.77. The number of hydrogen-bond acceptors (Lipinski definition) is 5. The highest BCUT2D eigenvalue weighted by Gasteiger charge is 2.56. The van der Waals surface area contributed by atoms with Crippen LogP contribution in [0.15, 0.2) is 12.7 Å². The summed E-state index contributed by atoms with van der Waals surface area (Å²) in [6.07, 6.45) is 3.25. The van der Waals surface area contributed by atoms with Crippen molar-refractivity contribution in [2.45, 2.75) is 63.3 Å². The van der Waals surface area contributed by atoms with Gasteiger partial charge in [0.05, 0.1) is 12.1 Å². The van der Waals surface area contributed by atoms with E-state index in [-0.39, 0.29) is 12.1 Å². The summed E-state index contributed by atoms with van der Waals surface area (Å²) >= 11 is 0. The molecule has 4 atom stereocenters. The van der Waals surface area contributed by atoms with Gasteiger partial charge in [0.15, 0.2) is 5.60 Å². The van der Waals surface area contributed by atoms with Gasteiger partial charge in [0.25, 0.3) is 0 Å². The highest BCUT2D eigenvalue weighted by atomic mass is 16.6. The number of aliphatic hydroxyl groups excluding tert-OH is 1. The van der Waals surface area contributed by atoms with E-state index in [1.54, 1.807) is 17.9 Å². The molecule has 1 aliphatic rings. The number of carbonyl (C=O) groups is 1. The third-order valence-electron chi connectivity index (χ3n) is 4.21. The van der Waals surface area contributed by atoms with Crippen LogP contribution in [0.1, 0.15) is 39.5 Å². The van der Waals surface area contributed by atoms with Crippen LogP contribution in [0, 0.1) is 0 Å². The Kier molecular flexibility index (Phi) is 6.64. The minimum absolute atomic E-state index is 0.321. The number of hydrogen-bond donors (Lipinski definition) is 3. The van der Waals surface area contributed by atoms with Crippen LogP contribution in [0.4, 0.5) is 4.79 Å². The molecule has 0 aromatic rings. The minimum Gasteiger partial charge on any atom is -0.438 e. The fraction of sp³-hybridized carbons (Fsp3) is 0.800. The first-order valence-corrected chi connectivity index (χ1v) is 7.66. The fourth-order valence-electron chi connectivity index (χ4n) is 3.03. The molecular weight excluding hydrogens is 270 g/mol. The first-order valence-electron chi connectivity index (χ1n) is 7.66. The standard InChI is InChI=1S/C15H29N3O3/c1-4-8-11(17)13-15(3,12(19)5-2)21-14(20)18(13)10-7-6-9-16/h4,11-13,19H,1,5-10,16-17H2,2-3H3/t11-,12-,13-,15-/m1/s1. The summed E-state index contributed by atoms with van der Waals surface area (Å²) in [6.45, 7) is 8.44. The van der Waals surface area contributed by atoms with E-state index >= 15 is 0 Å². The van der Waals surface area contributed by atoms with E-state index in [9.17, 15) is 9.90 Å². The largest absolute Gasteiger partial charge is 0.438 e. The smallest absolute Gasteiger partial charge is 0.410 e. The van der Waals surface area contributed by atoms with Crippen molar-refractivity contribution >= 4 is 6.09 Å². The van der Waals surface area contributed by atoms with E-state index < -0.39 is 17.8 Å². The lowest BCUT2D eigenvalue weighted by atomic mass is 9.83. The Labute approximate surface area is 127 Å². The zero-order valence-electron chi connectivity index (χ0n) is 13.1. The van der Waals surface area contributed by atoms with Crippen LogP contribution >= 0.6 is 0 Å². The van der Waals surface area contributed by atoms with Gasteiger partial charge in [-0.1, -0.05) is 13.0 Å². The SMILES string of the molecule is C=CC[C@@H](N)[C@H]1N(CCCCN)C(=O)O[C@]1(C)[C@H](O)CC. The molecule has 1 rings (SSSR count). The molecule has 1 saturated heterocycles. The predicted molar refractivity (Wildman–Crippen MR) is 82.8 cm³/mol. The Morgan fingerprint density at radius 2 is 2.24 bits per heavy atom. The van der Waals surface area contributed by atoms with Crippen LogP contribution in [-0.4, -0.2) is 53.0 Å². The van der Waals surface area contributed by atoms with Crippen molar-refractivity contribution in [3.8, 4) is 0 Å². The van der Waals surface area contributed by atoms with Gasteiger partial charge in [0.2, 0.25) is 0 Å². The highest BCUT2D eigenvalue weighted by molar-refractivity contribution is 5.72. The second-order valence-corrected chi connectivity index (χ2v) is 5.80. The van der Waals surface area contributed by atoms with E-state index in [0.29, 0.717) is 25.9 Å². The van der Waals surface area contributed by atoms with Crippen molar-refractivity contribution < 1.29 is 14.6 Å². The number of carbonyl (C=O) groups excluding carboxylic acids is 1. The molecule has 1 heterocycles. The van der Waals surface area contributed by atoms with Crippen molar-refractivity contribution in [1.82, 2.24) is 4.90 Å². The fourth-order valence-corrected chi connectivity index (χ4v) is 3.03. The lowest BCUT2D eigenvalue weighted by Gasteiger charge is -2.38. The van der Waals surface area contributed by atoms with Crippen LogP contribution < -0.4 is 11.5 Å². The van der Waals surface area contributed by atoms with Crippen LogP contribution in [0.5, 0.6) is 0 Å². The summed E-state index contributed by atoms with van der Waals surface area (Å²) in [6, 6.07) is -0.686. The molecule has 0 saturated carbocycles. The van der Waals surface area contributed by atoms with Gasteiger partial charge in [-0.05, 0) is 39.2 Å². The number of nitrogens with zero attached hydrogens (tertiary/aromatic N) is 1. The molecule has 21 heavy (non-hydrogen) atoms. The van der Waals surface area contributed by atoms with Gasteiger partial charge < -0.3 is 21.3 Å². The molecule has 5 N–H and O–H groups in total. The normalized spacial score (nSPS) is 28.3. The summed E-state index contributed by atoms with van der Waals surface area (Å²) in [5.74, 6) is 0. The molecule has 6 nitrogen and oxygen atoms in total. The van der Waals surface area contributed by atoms with Crippen molar-refractivity contribution in [2.24, 2.45) is 11.5 Å². The number of aliphatic hydroxyl groups is 1.